The molecule has 1 aliphatic heterocycles. The van der Waals surface area contributed by atoms with E-state index in [0.29, 0.717) is 26.4 Å². The molecule has 0 bridgehead atoms. The molecule has 1 atom stereocenters. The molecule has 6 nitrogen and oxygen atoms in total. The second-order valence-electron chi connectivity index (χ2n) is 8.62. The van der Waals surface area contributed by atoms with Crippen molar-refractivity contribution >= 4 is 29.1 Å². The first-order chi connectivity index (χ1) is 18.0. The fourth-order valence-electron chi connectivity index (χ4n) is 4.36. The van der Waals surface area contributed by atoms with Crippen molar-refractivity contribution < 1.29 is 14.3 Å². The first-order valence-electron chi connectivity index (χ1n) is 12.0. The number of rotatable bonds is 6. The summed E-state index contributed by atoms with van der Waals surface area (Å²) in [6.07, 6.45) is 1.87. The van der Waals surface area contributed by atoms with E-state index in [1.54, 1.807) is 18.6 Å². The normalized spacial score (nSPS) is 15.2. The minimum absolute atomic E-state index is 0.206. The molecule has 3 aromatic carbocycles. The van der Waals surface area contributed by atoms with Gasteiger partial charge in [-0.15, -0.1) is 0 Å². The lowest BCUT2D eigenvalue weighted by Gasteiger charge is -2.26. The molecule has 0 saturated carbocycles. The standard InChI is InChI=1S/C30H26N2O4S/c1-4-36-29(34)25-26(21-8-6-5-7-9-21)31-30-32(27(25)22-14-16-23(35-3)17-15-22)28(33)24(37-30)18-20-12-10-19(2)11-13-20/h5-18,27H,4H2,1-3H3/b24-18+. The molecule has 7 heteroatoms. The van der Waals surface area contributed by atoms with Gasteiger partial charge in [-0.2, -0.15) is 0 Å². The summed E-state index contributed by atoms with van der Waals surface area (Å²) in [6.45, 7) is 3.99. The quantitative estimate of drug-likeness (QED) is 0.364. The molecule has 2 heterocycles. The van der Waals surface area contributed by atoms with Gasteiger partial charge in [-0.3, -0.25) is 9.36 Å². The molecule has 37 heavy (non-hydrogen) atoms. The van der Waals surface area contributed by atoms with Crippen molar-refractivity contribution in [1.82, 2.24) is 4.57 Å². The molecule has 0 saturated heterocycles. The Bertz CT molecular complexity index is 1650. The first-order valence-corrected chi connectivity index (χ1v) is 12.8. The largest absolute Gasteiger partial charge is 0.497 e. The molecule has 0 N–H and O–H groups in total. The number of carbonyl (C=O) groups is 1. The highest BCUT2D eigenvalue weighted by atomic mass is 32.1. The van der Waals surface area contributed by atoms with Gasteiger partial charge < -0.3 is 9.47 Å². The van der Waals surface area contributed by atoms with Gasteiger partial charge in [0.05, 0.1) is 35.6 Å². The van der Waals surface area contributed by atoms with Crippen molar-refractivity contribution in [2.75, 3.05) is 13.7 Å². The number of nitrogens with zero attached hydrogens (tertiary/aromatic N) is 2. The third kappa shape index (κ3) is 4.78. The van der Waals surface area contributed by atoms with Gasteiger partial charge in [0.2, 0.25) is 0 Å². The Balaban J connectivity index is 1.81. The Hall–Kier alpha value is -4.23. The highest BCUT2D eigenvalue weighted by molar-refractivity contribution is 7.07. The lowest BCUT2D eigenvalue weighted by atomic mass is 9.93. The Labute approximate surface area is 218 Å². The van der Waals surface area contributed by atoms with Crippen molar-refractivity contribution in [1.29, 1.82) is 0 Å². The van der Waals surface area contributed by atoms with Crippen molar-refractivity contribution in [3.8, 4) is 5.75 Å². The van der Waals surface area contributed by atoms with Crippen molar-refractivity contribution in [2.24, 2.45) is 4.99 Å². The number of hydrogen-bond acceptors (Lipinski definition) is 6. The maximum absolute atomic E-state index is 13.8. The fourth-order valence-corrected chi connectivity index (χ4v) is 5.36. The summed E-state index contributed by atoms with van der Waals surface area (Å²) in [4.78, 5) is 32.7. The fraction of sp³-hybridized carbons (Fsp3) is 0.167. The van der Waals surface area contributed by atoms with Crippen LogP contribution in [-0.2, 0) is 9.53 Å². The second kappa shape index (κ2) is 10.4. The first kappa shape index (κ1) is 24.5. The number of carbonyl (C=O) groups excluding carboxylic acids is 1. The van der Waals surface area contributed by atoms with Crippen LogP contribution in [0.1, 0.15) is 35.2 Å². The molecule has 1 aliphatic rings. The van der Waals surface area contributed by atoms with Crippen LogP contribution in [0.2, 0.25) is 0 Å². The minimum Gasteiger partial charge on any atom is -0.497 e. The topological polar surface area (TPSA) is 69.9 Å². The average Bonchev–Trinajstić information content (AvgIpc) is 3.24. The van der Waals surface area contributed by atoms with E-state index in [4.69, 9.17) is 14.5 Å². The highest BCUT2D eigenvalue weighted by Crippen LogP contribution is 2.35. The van der Waals surface area contributed by atoms with E-state index in [0.717, 1.165) is 22.3 Å². The summed E-state index contributed by atoms with van der Waals surface area (Å²) in [5.74, 6) is 0.180. The third-order valence-corrected chi connectivity index (χ3v) is 7.16. The Morgan fingerprint density at radius 2 is 1.73 bits per heavy atom. The van der Waals surface area contributed by atoms with Gasteiger partial charge in [0, 0.05) is 5.56 Å². The number of benzene rings is 3. The van der Waals surface area contributed by atoms with Gasteiger partial charge in [-0.25, -0.2) is 9.79 Å². The molecule has 0 amide bonds. The van der Waals surface area contributed by atoms with E-state index < -0.39 is 12.0 Å². The van der Waals surface area contributed by atoms with E-state index in [1.165, 1.54) is 11.3 Å². The molecular weight excluding hydrogens is 484 g/mol. The summed E-state index contributed by atoms with van der Waals surface area (Å²) in [7, 11) is 1.60. The van der Waals surface area contributed by atoms with E-state index in [9.17, 15) is 9.59 Å². The maximum Gasteiger partial charge on any atom is 0.338 e. The van der Waals surface area contributed by atoms with Crippen LogP contribution in [0, 0.1) is 6.92 Å². The molecule has 0 fully saturated rings. The van der Waals surface area contributed by atoms with Crippen LogP contribution in [0.25, 0.3) is 11.8 Å². The van der Waals surface area contributed by atoms with Gasteiger partial charge >= 0.3 is 5.97 Å². The summed E-state index contributed by atoms with van der Waals surface area (Å²) in [5, 5.41) is 0. The molecular formula is C30H26N2O4S. The van der Waals surface area contributed by atoms with Crippen LogP contribution in [0.5, 0.6) is 5.75 Å². The van der Waals surface area contributed by atoms with E-state index in [2.05, 4.69) is 0 Å². The molecule has 0 spiro atoms. The number of fused-ring (bicyclic) bond motifs is 1. The van der Waals surface area contributed by atoms with Crippen LogP contribution in [0.4, 0.5) is 0 Å². The number of ether oxygens (including phenoxy) is 2. The Morgan fingerprint density at radius 3 is 2.38 bits per heavy atom. The van der Waals surface area contributed by atoms with Gasteiger partial charge in [0.15, 0.2) is 4.80 Å². The Kier molecular flexibility index (Phi) is 6.88. The predicted octanol–water partition coefficient (Wildman–Crippen LogP) is 4.25. The van der Waals surface area contributed by atoms with Crippen molar-refractivity contribution in [2.45, 2.75) is 19.9 Å². The summed E-state index contributed by atoms with van der Waals surface area (Å²) in [5.41, 5.74) is 4.22. The van der Waals surface area contributed by atoms with Gasteiger partial charge in [0.1, 0.15) is 5.75 Å². The van der Waals surface area contributed by atoms with E-state index in [1.807, 2.05) is 91.9 Å². The van der Waals surface area contributed by atoms with Gasteiger partial charge in [0.25, 0.3) is 5.56 Å². The number of methoxy groups -OCH3 is 1. The molecule has 186 valence electrons. The SMILES string of the molecule is CCOC(=O)C1=C(c2ccccc2)N=c2s/c(=C/c3ccc(C)cc3)c(=O)n2C1c1ccc(OC)cc1. The van der Waals surface area contributed by atoms with Crippen LogP contribution < -0.4 is 19.6 Å². The zero-order valence-electron chi connectivity index (χ0n) is 20.8. The van der Waals surface area contributed by atoms with E-state index in [-0.39, 0.29) is 12.2 Å². The number of thiazole rings is 1. The highest BCUT2D eigenvalue weighted by Gasteiger charge is 2.35. The van der Waals surface area contributed by atoms with Crippen LogP contribution in [-0.4, -0.2) is 24.3 Å². The molecule has 0 aliphatic carbocycles. The van der Waals surface area contributed by atoms with Crippen LogP contribution >= 0.6 is 11.3 Å². The molecule has 5 rings (SSSR count). The summed E-state index contributed by atoms with van der Waals surface area (Å²) >= 11 is 1.31. The zero-order chi connectivity index (χ0) is 25.9. The Morgan fingerprint density at radius 1 is 1.03 bits per heavy atom. The summed E-state index contributed by atoms with van der Waals surface area (Å²) in [6, 6.07) is 24.2. The summed E-state index contributed by atoms with van der Waals surface area (Å²) < 4.78 is 13.0. The number of hydrogen-bond donors (Lipinski definition) is 0. The number of esters is 1. The van der Waals surface area contributed by atoms with Crippen LogP contribution in [0.15, 0.2) is 94.2 Å². The van der Waals surface area contributed by atoms with Crippen molar-refractivity contribution in [3.05, 3.63) is 126 Å². The molecule has 0 radical (unpaired) electrons. The van der Waals surface area contributed by atoms with E-state index >= 15 is 0 Å². The molecule has 4 aromatic rings. The predicted molar refractivity (Wildman–Crippen MR) is 145 cm³/mol. The second-order valence-corrected chi connectivity index (χ2v) is 9.62. The maximum atomic E-state index is 13.8. The van der Waals surface area contributed by atoms with Crippen molar-refractivity contribution in [3.63, 3.8) is 0 Å². The minimum atomic E-state index is -0.711. The zero-order valence-corrected chi connectivity index (χ0v) is 21.6. The number of aryl methyl sites for hydroxylation is 1. The number of aromatic nitrogens is 1. The lowest BCUT2D eigenvalue weighted by molar-refractivity contribution is -0.138. The van der Waals surface area contributed by atoms with Gasteiger partial charge in [-0.1, -0.05) is 83.6 Å². The monoisotopic (exact) mass is 510 g/mol. The lowest BCUT2D eigenvalue weighted by Crippen LogP contribution is -2.40. The van der Waals surface area contributed by atoms with Crippen LogP contribution in [0.3, 0.4) is 0 Å². The molecule has 1 aromatic heterocycles. The molecule has 1 unspecified atom stereocenters. The average molecular weight is 511 g/mol. The smallest absolute Gasteiger partial charge is 0.338 e. The third-order valence-electron chi connectivity index (χ3n) is 6.18. The van der Waals surface area contributed by atoms with Gasteiger partial charge in [-0.05, 0) is 43.2 Å².